The van der Waals surface area contributed by atoms with Crippen molar-refractivity contribution in [2.45, 2.75) is 0 Å². The number of hydrogen-bond acceptors (Lipinski definition) is 3. The van der Waals surface area contributed by atoms with Crippen LogP contribution in [0.25, 0.3) is 0 Å². The molecule has 0 bridgehead atoms. The number of hydrogen-bond donors (Lipinski definition) is 1. The van der Waals surface area contributed by atoms with E-state index in [1.165, 1.54) is 0 Å². The van der Waals surface area contributed by atoms with Gasteiger partial charge in [0, 0.05) is 0 Å². The maximum atomic E-state index is 12.9. The molecule has 1 N–H and O–H groups in total. The normalized spacial score (nSPS) is 10.6. The second-order valence-corrected chi connectivity index (χ2v) is 2.49. The lowest BCUT2D eigenvalue weighted by Crippen LogP contribution is -2.10. The van der Waals surface area contributed by atoms with E-state index in [0.717, 1.165) is 0 Å². The van der Waals surface area contributed by atoms with Gasteiger partial charge in [-0.2, -0.15) is 8.78 Å². The maximum absolute atomic E-state index is 12.9. The summed E-state index contributed by atoms with van der Waals surface area (Å²) in [6.07, 6.45) is 0. The molecule has 0 fully saturated rings. The molecule has 8 heteroatoms. The van der Waals surface area contributed by atoms with E-state index in [1.54, 1.807) is 0 Å². The third-order valence-corrected chi connectivity index (χ3v) is 1.55. The summed E-state index contributed by atoms with van der Waals surface area (Å²) in [6, 6.07) is 0. The highest BCUT2D eigenvalue weighted by atomic mass is 19.2. The fourth-order valence-electron chi connectivity index (χ4n) is 0.849. The molecular formula is C8H5F5O3. The summed E-state index contributed by atoms with van der Waals surface area (Å²) < 4.78 is 71.7. The predicted molar refractivity (Wildman–Crippen MR) is 39.9 cm³/mol. The van der Waals surface area contributed by atoms with E-state index in [4.69, 9.17) is 5.11 Å². The molecule has 90 valence electrons. The molecule has 0 amide bonds. The highest BCUT2D eigenvalue weighted by Gasteiger charge is 2.26. The van der Waals surface area contributed by atoms with Crippen molar-refractivity contribution in [2.75, 3.05) is 13.6 Å². The number of rotatable bonds is 4. The van der Waals surface area contributed by atoms with Crippen LogP contribution in [0, 0.1) is 29.1 Å². The van der Waals surface area contributed by atoms with Crippen molar-refractivity contribution < 1.29 is 36.5 Å². The summed E-state index contributed by atoms with van der Waals surface area (Å²) >= 11 is 0. The molecule has 0 unspecified atom stereocenters. The highest BCUT2D eigenvalue weighted by molar-refractivity contribution is 5.29. The van der Waals surface area contributed by atoms with Crippen LogP contribution in [0.4, 0.5) is 22.0 Å². The van der Waals surface area contributed by atoms with Crippen molar-refractivity contribution in [3.05, 3.63) is 29.1 Å². The van der Waals surface area contributed by atoms with Crippen LogP contribution in [-0.4, -0.2) is 18.7 Å². The minimum atomic E-state index is -2.27. The second kappa shape index (κ2) is 5.08. The minimum Gasteiger partial charge on any atom is -0.461 e. The highest BCUT2D eigenvalue weighted by Crippen LogP contribution is 2.28. The Hall–Kier alpha value is -1.41. The third kappa shape index (κ3) is 2.22. The first-order valence-electron chi connectivity index (χ1n) is 3.83. The molecule has 0 spiro atoms. The van der Waals surface area contributed by atoms with Crippen LogP contribution in [0.2, 0.25) is 0 Å². The first-order valence-corrected chi connectivity index (χ1v) is 3.83. The Kier molecular flexibility index (Phi) is 4.02. The fraction of sp³-hybridized carbons (Fsp3) is 0.250. The number of aliphatic hydroxyl groups is 1. The molecule has 0 aliphatic carbocycles. The molecule has 0 saturated heterocycles. The first kappa shape index (κ1) is 12.7. The Morgan fingerprint density at radius 3 is 1.69 bits per heavy atom. The summed E-state index contributed by atoms with van der Waals surface area (Å²) in [5.74, 6) is -12.2. The molecule has 1 aromatic carbocycles. The lowest BCUT2D eigenvalue weighted by atomic mass is 10.3. The molecular weight excluding hydrogens is 239 g/mol. The van der Waals surface area contributed by atoms with Gasteiger partial charge in [0.15, 0.2) is 12.5 Å². The molecule has 0 saturated carbocycles. The lowest BCUT2D eigenvalue weighted by Gasteiger charge is -2.09. The van der Waals surface area contributed by atoms with E-state index in [-0.39, 0.29) is 0 Å². The minimum absolute atomic E-state index is 0.824. The Balaban J connectivity index is 3.08. The Morgan fingerprint density at radius 2 is 1.25 bits per heavy atom. The second-order valence-electron chi connectivity index (χ2n) is 2.49. The predicted octanol–water partition coefficient (Wildman–Crippen LogP) is 1.68. The Bertz CT molecular complexity index is 367. The molecule has 0 aliphatic heterocycles. The Labute approximate surface area is 86.0 Å². The van der Waals surface area contributed by atoms with Crippen LogP contribution in [0.3, 0.4) is 0 Å². The molecule has 3 nitrogen and oxygen atoms in total. The van der Waals surface area contributed by atoms with E-state index in [0.29, 0.717) is 0 Å². The lowest BCUT2D eigenvalue weighted by molar-refractivity contribution is -0.0679. The van der Waals surface area contributed by atoms with Crippen molar-refractivity contribution in [3.8, 4) is 5.75 Å². The van der Waals surface area contributed by atoms with E-state index >= 15 is 0 Å². The van der Waals surface area contributed by atoms with Crippen LogP contribution < -0.4 is 4.74 Å². The van der Waals surface area contributed by atoms with Crippen molar-refractivity contribution in [2.24, 2.45) is 0 Å². The SMILES string of the molecule is OCOCOc1c(F)c(F)c(F)c(F)c1F. The van der Waals surface area contributed by atoms with Gasteiger partial charge >= 0.3 is 0 Å². The van der Waals surface area contributed by atoms with E-state index < -0.39 is 48.4 Å². The zero-order valence-corrected chi connectivity index (χ0v) is 7.57. The quantitative estimate of drug-likeness (QED) is 0.288. The van der Waals surface area contributed by atoms with Crippen LogP contribution >= 0.6 is 0 Å². The molecule has 0 heterocycles. The molecule has 16 heavy (non-hydrogen) atoms. The number of aliphatic hydroxyl groups excluding tert-OH is 1. The van der Waals surface area contributed by atoms with Gasteiger partial charge < -0.3 is 14.6 Å². The smallest absolute Gasteiger partial charge is 0.207 e. The van der Waals surface area contributed by atoms with Crippen LogP contribution in [-0.2, 0) is 4.74 Å². The number of halogens is 5. The molecule has 0 aliphatic rings. The standard InChI is InChI=1S/C8H5F5O3/c9-3-4(10)6(12)8(7(13)5(3)11)16-2-15-1-14/h14H,1-2H2. The van der Waals surface area contributed by atoms with Crippen molar-refractivity contribution >= 4 is 0 Å². The van der Waals surface area contributed by atoms with Gasteiger partial charge in [-0.3, -0.25) is 0 Å². The van der Waals surface area contributed by atoms with Gasteiger partial charge in [-0.1, -0.05) is 0 Å². The third-order valence-electron chi connectivity index (χ3n) is 1.55. The van der Waals surface area contributed by atoms with Crippen molar-refractivity contribution in [1.82, 2.24) is 0 Å². The van der Waals surface area contributed by atoms with Gasteiger partial charge in [0.25, 0.3) is 0 Å². The monoisotopic (exact) mass is 244 g/mol. The summed E-state index contributed by atoms with van der Waals surface area (Å²) in [7, 11) is 0. The molecule has 0 atom stereocenters. The van der Waals surface area contributed by atoms with Gasteiger partial charge in [0.05, 0.1) is 0 Å². The maximum Gasteiger partial charge on any atom is 0.207 e. The zero-order valence-electron chi connectivity index (χ0n) is 7.57. The zero-order chi connectivity index (χ0) is 12.3. The summed E-state index contributed by atoms with van der Waals surface area (Å²) in [5, 5.41) is 8.14. The van der Waals surface area contributed by atoms with Crippen LogP contribution in [0.5, 0.6) is 5.75 Å². The van der Waals surface area contributed by atoms with E-state index in [9.17, 15) is 22.0 Å². The number of ether oxygens (including phenoxy) is 2. The van der Waals surface area contributed by atoms with Gasteiger partial charge in [0.2, 0.25) is 29.1 Å². The van der Waals surface area contributed by atoms with Gasteiger partial charge in [-0.25, -0.2) is 13.2 Å². The molecule has 0 radical (unpaired) electrons. The Morgan fingerprint density at radius 1 is 0.812 bits per heavy atom. The summed E-state index contributed by atoms with van der Waals surface area (Å²) in [6.45, 7) is -1.68. The molecule has 0 aromatic heterocycles. The van der Waals surface area contributed by atoms with Crippen LogP contribution in [0.15, 0.2) is 0 Å². The van der Waals surface area contributed by atoms with E-state index in [2.05, 4.69) is 9.47 Å². The topological polar surface area (TPSA) is 38.7 Å². The van der Waals surface area contributed by atoms with Gasteiger partial charge in [-0.15, -0.1) is 0 Å². The van der Waals surface area contributed by atoms with E-state index in [1.807, 2.05) is 0 Å². The first-order chi connectivity index (χ1) is 7.50. The molecule has 1 aromatic rings. The fourth-order valence-corrected chi connectivity index (χ4v) is 0.849. The molecule has 1 rings (SSSR count). The van der Waals surface area contributed by atoms with Crippen LogP contribution in [0.1, 0.15) is 0 Å². The van der Waals surface area contributed by atoms with Crippen molar-refractivity contribution in [1.29, 1.82) is 0 Å². The van der Waals surface area contributed by atoms with Crippen molar-refractivity contribution in [3.63, 3.8) is 0 Å². The summed E-state index contributed by atoms with van der Waals surface area (Å²) in [5.41, 5.74) is 0. The average molecular weight is 244 g/mol. The number of benzene rings is 1. The average Bonchev–Trinajstić information content (AvgIpc) is 2.28. The largest absolute Gasteiger partial charge is 0.461 e. The summed E-state index contributed by atoms with van der Waals surface area (Å²) in [4.78, 5) is 0. The van der Waals surface area contributed by atoms with Gasteiger partial charge in [-0.05, 0) is 0 Å². The van der Waals surface area contributed by atoms with Gasteiger partial charge in [0.1, 0.15) is 6.79 Å².